The molecule has 0 aromatic rings. The lowest BCUT2D eigenvalue weighted by Crippen LogP contribution is -2.53. The monoisotopic (exact) mass is 292 g/mol. The van der Waals surface area contributed by atoms with Gasteiger partial charge in [0.25, 0.3) is 0 Å². The fraction of sp³-hybridized carbons (Fsp3) is 0.917. The van der Waals surface area contributed by atoms with Crippen LogP contribution in [0, 0.1) is 5.92 Å². The number of sulfonamides is 1. The lowest BCUT2D eigenvalue weighted by molar-refractivity contribution is -0.140. The Labute approximate surface area is 115 Å². The number of nitrogens with zero attached hydrogens (tertiary/aromatic N) is 1. The number of hydrogen-bond acceptors (Lipinski definition) is 4. The number of hydrogen-bond donors (Lipinski definition) is 1. The van der Waals surface area contributed by atoms with Crippen LogP contribution in [0.1, 0.15) is 27.2 Å². The summed E-state index contributed by atoms with van der Waals surface area (Å²) < 4.78 is 30.6. The fourth-order valence-corrected chi connectivity index (χ4v) is 2.88. The highest BCUT2D eigenvalue weighted by Gasteiger charge is 2.30. The highest BCUT2D eigenvalue weighted by molar-refractivity contribution is 7.88. The van der Waals surface area contributed by atoms with Crippen molar-refractivity contribution in [3.05, 3.63) is 0 Å². The molecular formula is C12H24N2O4S. The second kappa shape index (κ2) is 6.67. The van der Waals surface area contributed by atoms with Crippen LogP contribution in [-0.4, -0.2) is 57.3 Å². The summed E-state index contributed by atoms with van der Waals surface area (Å²) in [4.78, 5) is 14.1. The van der Waals surface area contributed by atoms with Crippen molar-refractivity contribution >= 4 is 15.9 Å². The van der Waals surface area contributed by atoms with Gasteiger partial charge in [0.2, 0.25) is 15.9 Å². The first kappa shape index (κ1) is 16.4. The predicted octanol–water partition coefficient (Wildman–Crippen LogP) is 0.198. The average molecular weight is 292 g/mol. The third-order valence-corrected chi connectivity index (χ3v) is 3.63. The zero-order valence-electron chi connectivity index (χ0n) is 12.0. The highest BCUT2D eigenvalue weighted by Crippen LogP contribution is 2.12. The van der Waals surface area contributed by atoms with Gasteiger partial charge in [-0.15, -0.1) is 0 Å². The normalized spacial score (nSPS) is 22.6. The lowest BCUT2D eigenvalue weighted by atomic mass is 10.0. The summed E-state index contributed by atoms with van der Waals surface area (Å²) in [6.07, 6.45) is 1.57. The molecule has 1 N–H and O–H groups in total. The topological polar surface area (TPSA) is 75.7 Å². The molecule has 0 unspecified atom stereocenters. The largest absolute Gasteiger partial charge is 0.375 e. The standard InChI is InChI=1S/C12H24N2O4S/c1-9(2)7-11(13-19(4,16)17)12(15)14-5-6-18-10(3)8-14/h9-11,13H,5-8H2,1-4H3/t10-,11-/m0/s1. The number of carbonyl (C=O) groups excluding carboxylic acids is 1. The molecule has 1 rings (SSSR count). The molecular weight excluding hydrogens is 268 g/mol. The van der Waals surface area contributed by atoms with Gasteiger partial charge >= 0.3 is 0 Å². The van der Waals surface area contributed by atoms with Crippen LogP contribution in [0.4, 0.5) is 0 Å². The molecule has 2 atom stereocenters. The van der Waals surface area contributed by atoms with E-state index in [0.717, 1.165) is 6.26 Å². The van der Waals surface area contributed by atoms with Crippen molar-refractivity contribution in [2.75, 3.05) is 26.0 Å². The van der Waals surface area contributed by atoms with E-state index in [0.29, 0.717) is 26.1 Å². The van der Waals surface area contributed by atoms with Gasteiger partial charge in [-0.3, -0.25) is 4.79 Å². The van der Waals surface area contributed by atoms with Crippen LogP contribution in [0.15, 0.2) is 0 Å². The van der Waals surface area contributed by atoms with Crippen molar-refractivity contribution in [2.24, 2.45) is 5.92 Å². The van der Waals surface area contributed by atoms with E-state index in [1.54, 1.807) is 4.90 Å². The Bertz CT molecular complexity index is 408. The Morgan fingerprint density at radius 2 is 2.11 bits per heavy atom. The molecule has 1 heterocycles. The number of nitrogens with one attached hydrogen (secondary N) is 1. The molecule has 1 saturated heterocycles. The summed E-state index contributed by atoms with van der Waals surface area (Å²) in [7, 11) is -3.39. The number of amides is 1. The summed E-state index contributed by atoms with van der Waals surface area (Å²) in [5.41, 5.74) is 0. The van der Waals surface area contributed by atoms with E-state index in [2.05, 4.69) is 4.72 Å². The average Bonchev–Trinajstić information content (AvgIpc) is 2.24. The number of carbonyl (C=O) groups is 1. The molecule has 1 amide bonds. The Morgan fingerprint density at radius 3 is 2.58 bits per heavy atom. The van der Waals surface area contributed by atoms with Crippen LogP contribution in [0.25, 0.3) is 0 Å². The van der Waals surface area contributed by atoms with E-state index >= 15 is 0 Å². The van der Waals surface area contributed by atoms with Gasteiger partial charge in [-0.05, 0) is 19.3 Å². The van der Waals surface area contributed by atoms with Gasteiger partial charge in [-0.2, -0.15) is 0 Å². The van der Waals surface area contributed by atoms with Gasteiger partial charge in [-0.25, -0.2) is 13.1 Å². The molecule has 6 nitrogen and oxygen atoms in total. The van der Waals surface area contributed by atoms with Gasteiger partial charge in [-0.1, -0.05) is 13.8 Å². The molecule has 0 spiro atoms. The molecule has 1 fully saturated rings. The second-order valence-corrected chi connectivity index (χ2v) is 7.32. The molecule has 0 aromatic carbocycles. The van der Waals surface area contributed by atoms with Crippen molar-refractivity contribution in [1.82, 2.24) is 9.62 Å². The Kier molecular flexibility index (Phi) is 5.76. The number of ether oxygens (including phenoxy) is 1. The molecule has 0 aliphatic carbocycles. The first-order valence-electron chi connectivity index (χ1n) is 6.56. The van der Waals surface area contributed by atoms with Crippen molar-refractivity contribution in [3.63, 3.8) is 0 Å². The molecule has 0 radical (unpaired) electrons. The Morgan fingerprint density at radius 1 is 1.47 bits per heavy atom. The van der Waals surface area contributed by atoms with E-state index in [1.807, 2.05) is 20.8 Å². The summed E-state index contributed by atoms with van der Waals surface area (Å²) >= 11 is 0. The molecule has 112 valence electrons. The predicted molar refractivity (Wildman–Crippen MR) is 73.2 cm³/mol. The summed E-state index contributed by atoms with van der Waals surface area (Å²) in [5.74, 6) is 0.0796. The van der Waals surface area contributed by atoms with Crippen molar-refractivity contribution in [1.29, 1.82) is 0 Å². The Balaban J connectivity index is 2.75. The van der Waals surface area contributed by atoms with Gasteiger partial charge in [0.05, 0.1) is 19.0 Å². The van der Waals surface area contributed by atoms with Crippen LogP contribution < -0.4 is 4.72 Å². The molecule has 19 heavy (non-hydrogen) atoms. The minimum Gasteiger partial charge on any atom is -0.375 e. The molecule has 0 bridgehead atoms. The number of rotatable bonds is 5. The summed E-state index contributed by atoms with van der Waals surface area (Å²) in [5, 5.41) is 0. The van der Waals surface area contributed by atoms with Gasteiger partial charge in [0.15, 0.2) is 0 Å². The van der Waals surface area contributed by atoms with Crippen molar-refractivity contribution in [2.45, 2.75) is 39.3 Å². The maximum absolute atomic E-state index is 12.4. The van der Waals surface area contributed by atoms with Crippen LogP contribution in [-0.2, 0) is 19.6 Å². The SMILES string of the molecule is CC(C)C[C@H](NS(C)(=O)=O)C(=O)N1CCO[C@@H](C)C1. The van der Waals surface area contributed by atoms with Crippen molar-refractivity contribution < 1.29 is 17.9 Å². The zero-order valence-corrected chi connectivity index (χ0v) is 12.9. The van der Waals surface area contributed by atoms with E-state index in [-0.39, 0.29) is 17.9 Å². The maximum Gasteiger partial charge on any atom is 0.240 e. The molecule has 1 aliphatic heterocycles. The minimum absolute atomic E-state index is 0.00404. The van der Waals surface area contributed by atoms with Gasteiger partial charge < -0.3 is 9.64 Å². The highest BCUT2D eigenvalue weighted by atomic mass is 32.2. The summed E-state index contributed by atoms with van der Waals surface area (Å²) in [6.45, 7) is 7.36. The van der Waals surface area contributed by atoms with Gasteiger partial charge in [0.1, 0.15) is 6.04 Å². The molecule has 1 aliphatic rings. The molecule has 0 aromatic heterocycles. The quantitative estimate of drug-likeness (QED) is 0.785. The zero-order chi connectivity index (χ0) is 14.6. The number of morpholine rings is 1. The lowest BCUT2D eigenvalue weighted by Gasteiger charge is -2.34. The molecule has 0 saturated carbocycles. The van der Waals surface area contributed by atoms with E-state index in [1.165, 1.54) is 0 Å². The molecule has 7 heteroatoms. The Hall–Kier alpha value is -0.660. The van der Waals surface area contributed by atoms with Crippen LogP contribution in [0.3, 0.4) is 0 Å². The van der Waals surface area contributed by atoms with Crippen LogP contribution >= 0.6 is 0 Å². The first-order chi connectivity index (χ1) is 8.69. The van der Waals surface area contributed by atoms with E-state index in [9.17, 15) is 13.2 Å². The minimum atomic E-state index is -3.39. The first-order valence-corrected chi connectivity index (χ1v) is 8.46. The van der Waals surface area contributed by atoms with E-state index in [4.69, 9.17) is 4.74 Å². The third kappa shape index (κ3) is 5.88. The summed E-state index contributed by atoms with van der Waals surface area (Å²) in [6, 6.07) is -0.680. The van der Waals surface area contributed by atoms with E-state index < -0.39 is 16.1 Å². The van der Waals surface area contributed by atoms with Crippen molar-refractivity contribution in [3.8, 4) is 0 Å². The van der Waals surface area contributed by atoms with Gasteiger partial charge in [0, 0.05) is 13.1 Å². The maximum atomic E-state index is 12.4. The van der Waals surface area contributed by atoms with Crippen LogP contribution in [0.5, 0.6) is 0 Å². The van der Waals surface area contributed by atoms with Crippen LogP contribution in [0.2, 0.25) is 0 Å². The second-order valence-electron chi connectivity index (χ2n) is 5.54. The fourth-order valence-electron chi connectivity index (χ4n) is 2.17. The third-order valence-electron chi connectivity index (χ3n) is 2.91. The smallest absolute Gasteiger partial charge is 0.240 e.